The van der Waals surface area contributed by atoms with Crippen LogP contribution in [-0.4, -0.2) is 36.7 Å². The van der Waals surface area contributed by atoms with Crippen molar-refractivity contribution in [3.05, 3.63) is 23.9 Å². The number of aromatic nitrogens is 1. The van der Waals surface area contributed by atoms with Gasteiger partial charge < -0.3 is 5.73 Å². The topological polar surface area (TPSA) is 93.4 Å². The Bertz CT molecular complexity index is 556. The molecular formula is C11H15N3O3S. The van der Waals surface area contributed by atoms with Crippen molar-refractivity contribution in [2.75, 3.05) is 13.1 Å². The molecular weight excluding hydrogens is 254 g/mol. The van der Waals surface area contributed by atoms with Crippen LogP contribution in [0, 0.1) is 0 Å². The Balaban J connectivity index is 2.18. The summed E-state index contributed by atoms with van der Waals surface area (Å²) in [5, 5.41) is -0.131. The number of hydrogen-bond donors (Lipinski definition) is 1. The predicted octanol–water partition coefficient (Wildman–Crippen LogP) is 0.355. The molecule has 0 aliphatic carbocycles. The Kier molecular flexibility index (Phi) is 3.63. The third-order valence-corrected chi connectivity index (χ3v) is 4.57. The van der Waals surface area contributed by atoms with Crippen molar-refractivity contribution in [2.45, 2.75) is 24.3 Å². The van der Waals surface area contributed by atoms with E-state index in [4.69, 9.17) is 5.73 Å². The Morgan fingerprint density at radius 3 is 2.72 bits per heavy atom. The number of nitrogens with zero attached hydrogens (tertiary/aromatic N) is 2. The van der Waals surface area contributed by atoms with Gasteiger partial charge in [-0.3, -0.25) is 4.79 Å². The maximum Gasteiger partial charge on any atom is 0.285 e. The van der Waals surface area contributed by atoms with Gasteiger partial charge in [-0.2, -0.15) is 8.42 Å². The Morgan fingerprint density at radius 2 is 2.06 bits per heavy atom. The SMILES string of the molecule is NCCCCCN1C(=O)c2cccnc2S1(=O)=O. The molecule has 1 amide bonds. The number of sulfonamides is 1. The lowest BCUT2D eigenvalue weighted by Gasteiger charge is -2.14. The molecule has 1 aromatic heterocycles. The second-order valence-electron chi connectivity index (χ2n) is 4.09. The van der Waals surface area contributed by atoms with Crippen LogP contribution >= 0.6 is 0 Å². The Labute approximate surface area is 106 Å². The van der Waals surface area contributed by atoms with Gasteiger partial charge in [-0.05, 0) is 31.5 Å². The molecule has 0 unspecified atom stereocenters. The lowest BCUT2D eigenvalue weighted by atomic mass is 10.2. The van der Waals surface area contributed by atoms with E-state index in [-0.39, 0.29) is 17.1 Å². The summed E-state index contributed by atoms with van der Waals surface area (Å²) in [5.41, 5.74) is 5.53. The molecule has 18 heavy (non-hydrogen) atoms. The van der Waals surface area contributed by atoms with Crippen LogP contribution in [0.25, 0.3) is 0 Å². The van der Waals surface area contributed by atoms with E-state index in [1.165, 1.54) is 12.3 Å². The summed E-state index contributed by atoms with van der Waals surface area (Å²) in [6, 6.07) is 3.05. The van der Waals surface area contributed by atoms with E-state index in [0.717, 1.165) is 17.1 Å². The number of amides is 1. The number of carbonyl (C=O) groups is 1. The standard InChI is InChI=1S/C11H15N3O3S/c12-6-2-1-3-8-14-11(15)9-5-4-7-13-10(9)18(14,16)17/h4-5,7H,1-3,6,8,12H2. The molecule has 2 N–H and O–H groups in total. The highest BCUT2D eigenvalue weighted by Crippen LogP contribution is 2.28. The second-order valence-corrected chi connectivity index (χ2v) is 5.87. The lowest BCUT2D eigenvalue weighted by Crippen LogP contribution is -2.31. The van der Waals surface area contributed by atoms with Gasteiger partial charge in [0, 0.05) is 12.7 Å². The number of fused-ring (bicyclic) bond motifs is 1. The first-order chi connectivity index (χ1) is 8.59. The minimum Gasteiger partial charge on any atom is -0.330 e. The summed E-state index contributed by atoms with van der Waals surface area (Å²) in [7, 11) is -3.74. The highest BCUT2D eigenvalue weighted by molar-refractivity contribution is 7.90. The fraction of sp³-hybridized carbons (Fsp3) is 0.455. The quantitative estimate of drug-likeness (QED) is 0.779. The number of pyridine rings is 1. The fourth-order valence-corrected chi connectivity index (χ4v) is 3.43. The molecule has 1 aliphatic heterocycles. The maximum absolute atomic E-state index is 12.1. The third kappa shape index (κ3) is 2.11. The van der Waals surface area contributed by atoms with Gasteiger partial charge in [0.25, 0.3) is 15.9 Å². The molecule has 7 heteroatoms. The smallest absolute Gasteiger partial charge is 0.285 e. The van der Waals surface area contributed by atoms with E-state index in [2.05, 4.69) is 4.98 Å². The van der Waals surface area contributed by atoms with E-state index in [1.807, 2.05) is 0 Å². The first-order valence-corrected chi connectivity index (χ1v) is 7.25. The van der Waals surface area contributed by atoms with E-state index in [0.29, 0.717) is 13.0 Å². The van der Waals surface area contributed by atoms with Gasteiger partial charge in [-0.15, -0.1) is 0 Å². The highest BCUT2D eigenvalue weighted by atomic mass is 32.2. The average molecular weight is 269 g/mol. The molecule has 1 aliphatic rings. The fourth-order valence-electron chi connectivity index (χ4n) is 1.91. The van der Waals surface area contributed by atoms with E-state index in [1.54, 1.807) is 6.07 Å². The molecule has 0 saturated heterocycles. The van der Waals surface area contributed by atoms with Crippen molar-refractivity contribution >= 4 is 15.9 Å². The zero-order chi connectivity index (χ0) is 13.2. The minimum atomic E-state index is -3.74. The first-order valence-electron chi connectivity index (χ1n) is 5.81. The van der Waals surface area contributed by atoms with E-state index >= 15 is 0 Å². The van der Waals surface area contributed by atoms with Crippen molar-refractivity contribution in [2.24, 2.45) is 5.73 Å². The molecule has 0 aromatic carbocycles. The van der Waals surface area contributed by atoms with Crippen LogP contribution in [0.15, 0.2) is 23.4 Å². The molecule has 1 aromatic rings. The van der Waals surface area contributed by atoms with Crippen LogP contribution in [0.1, 0.15) is 29.6 Å². The second kappa shape index (κ2) is 5.03. The summed E-state index contributed by atoms with van der Waals surface area (Å²) in [5.74, 6) is -0.481. The molecule has 6 nitrogen and oxygen atoms in total. The van der Waals surface area contributed by atoms with E-state index in [9.17, 15) is 13.2 Å². The number of rotatable bonds is 5. The van der Waals surface area contributed by atoms with Gasteiger partial charge in [-0.25, -0.2) is 9.29 Å². The monoisotopic (exact) mass is 269 g/mol. The van der Waals surface area contributed by atoms with Crippen LogP contribution in [-0.2, 0) is 10.0 Å². The Morgan fingerprint density at radius 1 is 1.28 bits per heavy atom. The molecule has 2 heterocycles. The molecule has 0 saturated carbocycles. The molecule has 0 spiro atoms. The van der Waals surface area contributed by atoms with Crippen LogP contribution in [0.5, 0.6) is 0 Å². The van der Waals surface area contributed by atoms with Crippen molar-refractivity contribution in [3.8, 4) is 0 Å². The van der Waals surface area contributed by atoms with Gasteiger partial charge in [0.1, 0.15) is 0 Å². The lowest BCUT2D eigenvalue weighted by molar-refractivity contribution is 0.0869. The molecule has 0 bridgehead atoms. The van der Waals surface area contributed by atoms with Gasteiger partial charge in [0.05, 0.1) is 5.56 Å². The van der Waals surface area contributed by atoms with Gasteiger partial charge in [0.15, 0.2) is 5.03 Å². The summed E-state index contributed by atoms with van der Waals surface area (Å²) < 4.78 is 25.1. The molecule has 2 rings (SSSR count). The van der Waals surface area contributed by atoms with Crippen LogP contribution in [0.2, 0.25) is 0 Å². The van der Waals surface area contributed by atoms with Gasteiger partial charge in [-0.1, -0.05) is 6.42 Å². The Hall–Kier alpha value is -1.47. The zero-order valence-corrected chi connectivity index (χ0v) is 10.7. The first kappa shape index (κ1) is 13.0. The summed E-state index contributed by atoms with van der Waals surface area (Å²) in [6.07, 6.45) is 3.63. The number of hydrogen-bond acceptors (Lipinski definition) is 5. The molecule has 98 valence electrons. The predicted molar refractivity (Wildman–Crippen MR) is 65.4 cm³/mol. The highest BCUT2D eigenvalue weighted by Gasteiger charge is 2.41. The third-order valence-electron chi connectivity index (χ3n) is 2.83. The summed E-state index contributed by atoms with van der Waals surface area (Å²) in [4.78, 5) is 15.7. The maximum atomic E-state index is 12.1. The van der Waals surface area contributed by atoms with Gasteiger partial charge in [0.2, 0.25) is 0 Å². The number of carbonyl (C=O) groups excluding carboxylic acids is 1. The largest absolute Gasteiger partial charge is 0.330 e. The zero-order valence-electron chi connectivity index (χ0n) is 9.87. The summed E-state index contributed by atoms with van der Waals surface area (Å²) in [6.45, 7) is 0.764. The average Bonchev–Trinajstić information content (AvgIpc) is 2.55. The number of unbranched alkanes of at least 4 members (excludes halogenated alkanes) is 2. The van der Waals surface area contributed by atoms with Crippen molar-refractivity contribution in [3.63, 3.8) is 0 Å². The molecule has 0 atom stereocenters. The normalized spacial score (nSPS) is 16.9. The van der Waals surface area contributed by atoms with Crippen molar-refractivity contribution in [1.82, 2.24) is 9.29 Å². The molecule has 0 radical (unpaired) electrons. The van der Waals surface area contributed by atoms with E-state index < -0.39 is 15.9 Å². The molecule has 0 fully saturated rings. The minimum absolute atomic E-state index is 0.131. The van der Waals surface area contributed by atoms with Crippen molar-refractivity contribution in [1.29, 1.82) is 0 Å². The van der Waals surface area contributed by atoms with Crippen LogP contribution < -0.4 is 5.73 Å². The van der Waals surface area contributed by atoms with Gasteiger partial charge >= 0.3 is 0 Å². The van der Waals surface area contributed by atoms with Crippen LogP contribution in [0.4, 0.5) is 0 Å². The summed E-state index contributed by atoms with van der Waals surface area (Å²) >= 11 is 0. The van der Waals surface area contributed by atoms with Crippen molar-refractivity contribution < 1.29 is 13.2 Å². The van der Waals surface area contributed by atoms with Crippen LogP contribution in [0.3, 0.4) is 0 Å². The number of nitrogens with two attached hydrogens (primary N) is 1.